The van der Waals surface area contributed by atoms with Crippen LogP contribution in [0.5, 0.6) is 0 Å². The molecule has 0 aliphatic carbocycles. The van der Waals surface area contributed by atoms with Gasteiger partial charge in [-0.15, -0.1) is 0 Å². The summed E-state index contributed by atoms with van der Waals surface area (Å²) in [5.41, 5.74) is 2.40. The van der Waals surface area contributed by atoms with Gasteiger partial charge in [-0.05, 0) is 24.6 Å². The molecule has 1 unspecified atom stereocenters. The van der Waals surface area contributed by atoms with Crippen molar-refractivity contribution in [2.45, 2.75) is 11.8 Å². The maximum atomic E-state index is 12.1. The molecular weight excluding hydrogens is 294 g/mol. The van der Waals surface area contributed by atoms with E-state index in [2.05, 4.69) is 26.3 Å². The average molecular weight is 308 g/mol. The van der Waals surface area contributed by atoms with Gasteiger partial charge in [-0.2, -0.15) is 5.10 Å². The third-order valence-electron chi connectivity index (χ3n) is 2.69. The summed E-state index contributed by atoms with van der Waals surface area (Å²) in [6, 6.07) is 9.42. The largest absolute Gasteiger partial charge is 0.320 e. The number of alkyl halides is 1. The molecule has 1 aromatic heterocycles. The summed E-state index contributed by atoms with van der Waals surface area (Å²) in [5, 5.41) is 6.89. The lowest BCUT2D eigenvalue weighted by atomic mass is 10.1. The minimum Gasteiger partial charge on any atom is -0.320 e. The normalized spacial score (nSPS) is 12.2. The monoisotopic (exact) mass is 307 g/mol. The highest BCUT2D eigenvalue weighted by atomic mass is 79.9. The average Bonchev–Trinajstić information content (AvgIpc) is 2.76. The van der Waals surface area contributed by atoms with Crippen LogP contribution in [0.4, 0.5) is 5.69 Å². The fourth-order valence-electron chi connectivity index (χ4n) is 1.74. The van der Waals surface area contributed by atoms with Crippen molar-refractivity contribution in [2.24, 2.45) is 7.05 Å². The van der Waals surface area contributed by atoms with E-state index in [-0.39, 0.29) is 10.7 Å². The number of carbonyl (C=O) groups excluding carboxylic acids is 1. The number of hydrogen-bond donors (Lipinski definition) is 1. The molecule has 0 aliphatic heterocycles. The van der Waals surface area contributed by atoms with Crippen molar-refractivity contribution in [3.63, 3.8) is 0 Å². The Labute approximate surface area is 114 Å². The minimum atomic E-state index is -0.157. The van der Waals surface area contributed by atoms with Gasteiger partial charge in [-0.1, -0.05) is 34.1 Å². The summed E-state index contributed by atoms with van der Waals surface area (Å²) in [4.78, 5) is 12.3. The smallest absolute Gasteiger partial charge is 0.273 e. The molecule has 2 rings (SSSR count). The van der Waals surface area contributed by atoms with Crippen molar-refractivity contribution in [3.05, 3.63) is 47.8 Å². The number of amides is 1. The number of para-hydroxylation sites is 1. The van der Waals surface area contributed by atoms with Crippen molar-refractivity contribution in [1.29, 1.82) is 0 Å². The molecule has 0 aliphatic rings. The number of anilines is 1. The highest BCUT2D eigenvalue weighted by Gasteiger charge is 2.13. The second-order valence-electron chi connectivity index (χ2n) is 4.00. The zero-order chi connectivity index (χ0) is 13.1. The third kappa shape index (κ3) is 2.61. The number of aromatic nitrogens is 2. The molecule has 1 aromatic carbocycles. The van der Waals surface area contributed by atoms with Crippen molar-refractivity contribution in [3.8, 4) is 0 Å². The molecule has 0 bridgehead atoms. The third-order valence-corrected chi connectivity index (χ3v) is 3.18. The molecule has 4 nitrogen and oxygen atoms in total. The second kappa shape index (κ2) is 5.35. The van der Waals surface area contributed by atoms with E-state index in [0.29, 0.717) is 5.69 Å². The zero-order valence-electron chi connectivity index (χ0n) is 10.2. The van der Waals surface area contributed by atoms with E-state index in [9.17, 15) is 4.79 Å². The van der Waals surface area contributed by atoms with Crippen molar-refractivity contribution in [2.75, 3.05) is 5.32 Å². The van der Waals surface area contributed by atoms with Gasteiger partial charge in [0.1, 0.15) is 5.69 Å². The van der Waals surface area contributed by atoms with Gasteiger partial charge >= 0.3 is 0 Å². The van der Waals surface area contributed by atoms with Gasteiger partial charge < -0.3 is 5.32 Å². The quantitative estimate of drug-likeness (QED) is 0.886. The number of halogens is 1. The Balaban J connectivity index is 2.25. The van der Waals surface area contributed by atoms with Crippen LogP contribution >= 0.6 is 15.9 Å². The van der Waals surface area contributed by atoms with E-state index in [0.717, 1.165) is 11.3 Å². The van der Waals surface area contributed by atoms with E-state index in [1.54, 1.807) is 24.0 Å². The number of rotatable bonds is 3. The Hall–Kier alpha value is -1.62. The summed E-state index contributed by atoms with van der Waals surface area (Å²) >= 11 is 3.52. The lowest BCUT2D eigenvalue weighted by molar-refractivity contribution is 0.101. The molecule has 0 saturated carbocycles. The summed E-state index contributed by atoms with van der Waals surface area (Å²) in [6.45, 7) is 2.02. The molecule has 0 spiro atoms. The lowest BCUT2D eigenvalue weighted by Gasteiger charge is -2.12. The van der Waals surface area contributed by atoms with Gasteiger partial charge in [-0.3, -0.25) is 9.48 Å². The molecule has 0 fully saturated rings. The molecule has 0 saturated heterocycles. The van der Waals surface area contributed by atoms with Gasteiger partial charge in [0.2, 0.25) is 0 Å². The fourth-order valence-corrected chi connectivity index (χ4v) is 2.14. The first-order valence-corrected chi connectivity index (χ1v) is 6.53. The first-order chi connectivity index (χ1) is 8.59. The van der Waals surface area contributed by atoms with Gasteiger partial charge in [0.05, 0.1) is 0 Å². The topological polar surface area (TPSA) is 46.9 Å². The molecule has 5 heteroatoms. The van der Waals surface area contributed by atoms with E-state index < -0.39 is 0 Å². The number of carbonyl (C=O) groups is 1. The van der Waals surface area contributed by atoms with Gasteiger partial charge in [0.25, 0.3) is 5.91 Å². The van der Waals surface area contributed by atoms with Crippen LogP contribution in [0.3, 0.4) is 0 Å². The van der Waals surface area contributed by atoms with Crippen LogP contribution in [0.25, 0.3) is 0 Å². The number of nitrogens with zero attached hydrogens (tertiary/aromatic N) is 2. The minimum absolute atomic E-state index is 0.157. The second-order valence-corrected chi connectivity index (χ2v) is 5.37. The number of nitrogens with one attached hydrogen (secondary N) is 1. The van der Waals surface area contributed by atoms with Crippen molar-refractivity contribution >= 4 is 27.5 Å². The number of benzene rings is 1. The molecule has 1 N–H and O–H groups in total. The first-order valence-electron chi connectivity index (χ1n) is 5.62. The Morgan fingerprint density at radius 1 is 1.39 bits per heavy atom. The molecule has 0 radical (unpaired) electrons. The van der Waals surface area contributed by atoms with Crippen molar-refractivity contribution < 1.29 is 4.79 Å². The maximum absolute atomic E-state index is 12.1. The van der Waals surface area contributed by atoms with Gasteiger partial charge in [0.15, 0.2) is 0 Å². The standard InChI is InChI=1S/C13H14BrN3O/c1-9(14)10-5-3-4-6-11(10)16-13(18)12-7-8-15-17(12)2/h3-9H,1-2H3,(H,16,18). The predicted molar refractivity (Wildman–Crippen MR) is 74.9 cm³/mol. The molecular formula is C13H14BrN3O. The highest BCUT2D eigenvalue weighted by Crippen LogP contribution is 2.28. The highest BCUT2D eigenvalue weighted by molar-refractivity contribution is 9.09. The number of hydrogen-bond acceptors (Lipinski definition) is 2. The summed E-state index contributed by atoms with van der Waals surface area (Å²) < 4.78 is 1.55. The van der Waals surface area contributed by atoms with Crippen LogP contribution < -0.4 is 5.32 Å². The zero-order valence-corrected chi connectivity index (χ0v) is 11.8. The van der Waals surface area contributed by atoms with Crippen molar-refractivity contribution in [1.82, 2.24) is 9.78 Å². The van der Waals surface area contributed by atoms with Crippen LogP contribution in [-0.2, 0) is 7.05 Å². The maximum Gasteiger partial charge on any atom is 0.273 e. The van der Waals surface area contributed by atoms with E-state index >= 15 is 0 Å². The van der Waals surface area contributed by atoms with E-state index in [4.69, 9.17) is 0 Å². The van der Waals surface area contributed by atoms with Gasteiger partial charge in [0, 0.05) is 23.8 Å². The molecule has 1 atom stereocenters. The number of aryl methyl sites for hydroxylation is 1. The van der Waals surface area contributed by atoms with Crippen LogP contribution in [0.1, 0.15) is 27.8 Å². The first kappa shape index (κ1) is 12.8. The van der Waals surface area contributed by atoms with E-state index in [1.165, 1.54) is 0 Å². The Morgan fingerprint density at radius 3 is 2.72 bits per heavy atom. The Bertz CT molecular complexity index is 563. The van der Waals surface area contributed by atoms with Crippen LogP contribution in [0.2, 0.25) is 0 Å². The summed E-state index contributed by atoms with van der Waals surface area (Å²) in [5.74, 6) is -0.157. The summed E-state index contributed by atoms with van der Waals surface area (Å²) in [7, 11) is 1.74. The molecule has 1 heterocycles. The van der Waals surface area contributed by atoms with Crippen LogP contribution in [0, 0.1) is 0 Å². The molecule has 2 aromatic rings. The van der Waals surface area contributed by atoms with Crippen LogP contribution in [-0.4, -0.2) is 15.7 Å². The Morgan fingerprint density at radius 2 is 2.11 bits per heavy atom. The summed E-state index contributed by atoms with van der Waals surface area (Å²) in [6.07, 6.45) is 1.61. The fraction of sp³-hybridized carbons (Fsp3) is 0.231. The Kier molecular flexibility index (Phi) is 3.81. The predicted octanol–water partition coefficient (Wildman–Crippen LogP) is 3.13. The lowest BCUT2D eigenvalue weighted by Crippen LogP contribution is -2.17. The molecule has 1 amide bonds. The molecule has 18 heavy (non-hydrogen) atoms. The molecule has 94 valence electrons. The van der Waals surface area contributed by atoms with Crippen LogP contribution in [0.15, 0.2) is 36.5 Å². The van der Waals surface area contributed by atoms with Gasteiger partial charge in [-0.25, -0.2) is 0 Å². The SMILES string of the molecule is CC(Br)c1ccccc1NC(=O)c1ccnn1C. The van der Waals surface area contributed by atoms with E-state index in [1.807, 2.05) is 31.2 Å².